The maximum Gasteiger partial charge on any atom is 0.162 e. The Labute approximate surface area is 321 Å². The van der Waals surface area contributed by atoms with E-state index >= 15 is 0 Å². The fraction of sp³-hybridized carbons (Fsp3) is 0.404. The predicted molar refractivity (Wildman–Crippen MR) is 214 cm³/mol. The quantitative estimate of drug-likeness (QED) is 0.0517. The molecule has 1 fully saturated rings. The number of benzene rings is 4. The number of carbonyl (C=O) groups excluding carboxylic acids is 1. The van der Waals surface area contributed by atoms with Gasteiger partial charge in [-0.25, -0.2) is 0 Å². The first-order valence-corrected chi connectivity index (χ1v) is 19.5. The molecule has 1 N–H and O–H groups in total. The SMILES string of the molecule is CC1(C)c2c3ccccc3[c-]c3c4nccc5cc(CC6CCCC6)c6c7cccc1c7n(c23)c6c54.CCC(CC)C(=O)/C=C(\O)C(CC)CC.[Ir]. The van der Waals surface area contributed by atoms with E-state index in [1.807, 2.05) is 33.9 Å². The standard InChI is InChI=1S/C34H27N2.C13H24O2.Ir/c1-34(2)26-13-7-12-24-27-22(16-19-8-3-4-9-19)17-21-14-15-35-30-25-18-20-10-5-6-11-23(20)29(34)32(25)36(31(24)26)33(27)28(21)30;1-5-10(6-2)12(14)9-13(15)11(7-3)8-4;/h5-7,10-15,17,19H,3-4,8-9,16H2,1-2H3;9-11,14H,5-8H2,1-4H3;/q-1;;/b;12-9-;. The Kier molecular flexibility index (Phi) is 10.00. The Hall–Kier alpha value is -3.79. The van der Waals surface area contributed by atoms with Crippen LogP contribution in [0.15, 0.2) is 72.6 Å². The van der Waals surface area contributed by atoms with Gasteiger partial charge < -0.3 is 9.51 Å². The second kappa shape index (κ2) is 14.2. The van der Waals surface area contributed by atoms with Crippen LogP contribution in [0.5, 0.6) is 0 Å². The molecule has 1 saturated carbocycles. The third-order valence-electron chi connectivity index (χ3n) is 12.6. The number of para-hydroxylation sites is 1. The summed E-state index contributed by atoms with van der Waals surface area (Å²) in [5.74, 6) is 1.35. The second-order valence-electron chi connectivity index (χ2n) is 15.8. The molecule has 0 spiro atoms. The number of rotatable bonds is 9. The Morgan fingerprint density at radius 2 is 1.60 bits per heavy atom. The van der Waals surface area contributed by atoms with Crippen molar-refractivity contribution in [3.63, 3.8) is 0 Å². The predicted octanol–water partition coefficient (Wildman–Crippen LogP) is 12.6. The molecule has 4 aromatic carbocycles. The number of aliphatic hydroxyl groups excluding tert-OH is 1. The van der Waals surface area contributed by atoms with E-state index in [0.29, 0.717) is 0 Å². The summed E-state index contributed by atoms with van der Waals surface area (Å²) in [7, 11) is 0. The van der Waals surface area contributed by atoms with Crippen LogP contribution in [0.2, 0.25) is 0 Å². The molecule has 0 bridgehead atoms. The first kappa shape index (κ1) is 36.6. The summed E-state index contributed by atoms with van der Waals surface area (Å²) in [6, 6.07) is 24.4. The molecule has 52 heavy (non-hydrogen) atoms. The number of aromatic nitrogens is 2. The molecule has 1 aliphatic heterocycles. The van der Waals surface area contributed by atoms with Gasteiger partial charge in [-0.15, -0.1) is 17.5 Å². The van der Waals surface area contributed by atoms with Gasteiger partial charge in [-0.3, -0.25) is 9.78 Å². The Morgan fingerprint density at radius 3 is 2.31 bits per heavy atom. The summed E-state index contributed by atoms with van der Waals surface area (Å²) < 4.78 is 2.62. The number of pyridine rings is 2. The van der Waals surface area contributed by atoms with Crippen molar-refractivity contribution in [3.05, 3.63) is 95.4 Å². The molecule has 4 heterocycles. The van der Waals surface area contributed by atoms with E-state index in [1.165, 1.54) is 104 Å². The third-order valence-corrected chi connectivity index (χ3v) is 12.6. The Bertz CT molecular complexity index is 2470. The van der Waals surface area contributed by atoms with Crippen LogP contribution in [-0.2, 0) is 36.7 Å². The molecule has 1 radical (unpaired) electrons. The minimum Gasteiger partial charge on any atom is -0.512 e. The van der Waals surface area contributed by atoms with Crippen molar-refractivity contribution >= 4 is 65.6 Å². The zero-order chi connectivity index (χ0) is 35.6. The van der Waals surface area contributed by atoms with Crippen molar-refractivity contribution in [1.82, 2.24) is 9.38 Å². The van der Waals surface area contributed by atoms with E-state index in [1.54, 1.807) is 0 Å². The first-order valence-electron chi connectivity index (χ1n) is 19.5. The smallest absolute Gasteiger partial charge is 0.162 e. The average Bonchev–Trinajstić information content (AvgIpc) is 3.78. The molecule has 0 amide bonds. The van der Waals surface area contributed by atoms with Crippen LogP contribution < -0.4 is 0 Å². The van der Waals surface area contributed by atoms with Gasteiger partial charge in [0.15, 0.2) is 5.78 Å². The van der Waals surface area contributed by atoms with Crippen LogP contribution in [0.3, 0.4) is 0 Å². The number of aliphatic hydroxyl groups is 1. The van der Waals surface area contributed by atoms with Crippen LogP contribution in [0.1, 0.15) is 110 Å². The molecular formula is C47H51IrN2O2-. The zero-order valence-electron chi connectivity index (χ0n) is 31.5. The summed E-state index contributed by atoms with van der Waals surface area (Å²) in [5.41, 5.74) is 9.41. The molecule has 4 nitrogen and oxygen atoms in total. The van der Waals surface area contributed by atoms with Crippen molar-refractivity contribution in [2.75, 3.05) is 0 Å². The van der Waals surface area contributed by atoms with Gasteiger partial charge in [-0.05, 0) is 71.5 Å². The molecule has 9 rings (SSSR count). The minimum atomic E-state index is -0.125. The van der Waals surface area contributed by atoms with Crippen LogP contribution in [-0.4, -0.2) is 20.3 Å². The van der Waals surface area contributed by atoms with Crippen molar-refractivity contribution in [3.8, 4) is 0 Å². The van der Waals surface area contributed by atoms with Crippen molar-refractivity contribution < 1.29 is 30.0 Å². The molecule has 7 aromatic rings. The van der Waals surface area contributed by atoms with Crippen LogP contribution in [0.25, 0.3) is 59.8 Å². The normalized spacial score (nSPS) is 15.7. The summed E-state index contributed by atoms with van der Waals surface area (Å²) in [6.07, 6.45) is 13.6. The maximum absolute atomic E-state index is 11.7. The molecule has 0 unspecified atom stereocenters. The average molecular weight is 868 g/mol. The fourth-order valence-corrected chi connectivity index (χ4v) is 9.81. The monoisotopic (exact) mass is 868 g/mol. The minimum absolute atomic E-state index is 0. The summed E-state index contributed by atoms with van der Waals surface area (Å²) >= 11 is 0. The van der Waals surface area contributed by atoms with Gasteiger partial charge in [0.05, 0.1) is 11.3 Å². The number of hydrogen-bond acceptors (Lipinski definition) is 3. The van der Waals surface area contributed by atoms with Gasteiger partial charge in [0, 0.05) is 71.4 Å². The number of allylic oxidation sites excluding steroid dienone is 2. The van der Waals surface area contributed by atoms with Crippen molar-refractivity contribution in [2.45, 2.75) is 105 Å². The van der Waals surface area contributed by atoms with Crippen LogP contribution in [0, 0.1) is 23.8 Å². The third kappa shape index (κ3) is 5.57. The number of nitrogens with zero attached hydrogens (tertiary/aromatic N) is 2. The van der Waals surface area contributed by atoms with Gasteiger partial charge in [0.2, 0.25) is 0 Å². The zero-order valence-corrected chi connectivity index (χ0v) is 33.9. The van der Waals surface area contributed by atoms with Crippen LogP contribution in [0.4, 0.5) is 0 Å². The molecule has 1 aliphatic carbocycles. The Balaban J connectivity index is 0.000000227. The molecule has 0 atom stereocenters. The van der Waals surface area contributed by atoms with Crippen molar-refractivity contribution in [1.29, 1.82) is 0 Å². The van der Waals surface area contributed by atoms with Gasteiger partial charge in [-0.2, -0.15) is 0 Å². The summed E-state index contributed by atoms with van der Waals surface area (Å²) in [5, 5.41) is 18.9. The largest absolute Gasteiger partial charge is 0.512 e. The maximum atomic E-state index is 11.7. The molecular weight excluding hydrogens is 817 g/mol. The van der Waals surface area contributed by atoms with E-state index in [4.69, 9.17) is 4.98 Å². The fourth-order valence-electron chi connectivity index (χ4n) is 9.81. The molecule has 271 valence electrons. The number of hydrogen-bond donors (Lipinski definition) is 1. The van der Waals surface area contributed by atoms with Gasteiger partial charge in [0.1, 0.15) is 0 Å². The Morgan fingerprint density at radius 1 is 0.904 bits per heavy atom. The first-order chi connectivity index (χ1) is 24.7. The van der Waals surface area contributed by atoms with E-state index in [9.17, 15) is 9.90 Å². The van der Waals surface area contributed by atoms with Gasteiger partial charge >= 0.3 is 0 Å². The van der Waals surface area contributed by atoms with E-state index in [0.717, 1.165) is 42.5 Å². The number of fused-ring (bicyclic) bond motifs is 4. The van der Waals surface area contributed by atoms with Crippen LogP contribution >= 0.6 is 0 Å². The number of carbonyl (C=O) groups is 1. The molecule has 3 aromatic heterocycles. The van der Waals surface area contributed by atoms with Gasteiger partial charge in [-0.1, -0.05) is 126 Å². The molecule has 0 saturated heterocycles. The van der Waals surface area contributed by atoms with E-state index in [-0.39, 0.29) is 48.9 Å². The molecule has 2 aliphatic rings. The topological polar surface area (TPSA) is 54.6 Å². The molecule has 5 heteroatoms. The van der Waals surface area contributed by atoms with E-state index in [2.05, 4.69) is 78.9 Å². The van der Waals surface area contributed by atoms with Crippen molar-refractivity contribution in [2.24, 2.45) is 17.8 Å². The van der Waals surface area contributed by atoms with Gasteiger partial charge in [0.25, 0.3) is 0 Å². The summed E-state index contributed by atoms with van der Waals surface area (Å²) in [6.45, 7) is 12.9. The summed E-state index contributed by atoms with van der Waals surface area (Å²) in [4.78, 5) is 16.8. The van der Waals surface area contributed by atoms with E-state index < -0.39 is 0 Å². The number of ketones is 1. The second-order valence-corrected chi connectivity index (χ2v) is 15.8.